The van der Waals surface area contributed by atoms with E-state index in [0.717, 1.165) is 15.4 Å². The smallest absolute Gasteiger partial charge is 0.183 e. The quantitative estimate of drug-likeness (QED) is 0.591. The Morgan fingerprint density at radius 3 is 3.18 bits per heavy atom. The largest absolute Gasteiger partial charge is 0.254 e. The topological polar surface area (TPSA) is 67.3 Å². The molecule has 0 spiro atoms. The zero-order chi connectivity index (χ0) is 11.7. The highest BCUT2D eigenvalue weighted by Gasteiger charge is 2.08. The van der Waals surface area contributed by atoms with Gasteiger partial charge < -0.3 is 0 Å². The van der Waals surface area contributed by atoms with Gasteiger partial charge in [0.25, 0.3) is 0 Å². The molecule has 1 N–H and O–H groups in total. The predicted octanol–water partition coefficient (Wildman–Crippen LogP) is 2.76. The van der Waals surface area contributed by atoms with Crippen LogP contribution in [0.25, 0.3) is 10.2 Å². The molecule has 0 aromatic carbocycles. The van der Waals surface area contributed by atoms with Gasteiger partial charge in [0.15, 0.2) is 5.16 Å². The lowest BCUT2D eigenvalue weighted by atomic mass is 10.4. The van der Waals surface area contributed by atoms with Crippen molar-refractivity contribution in [1.82, 2.24) is 25.1 Å². The summed E-state index contributed by atoms with van der Waals surface area (Å²) in [6.45, 7) is 0. The Hall–Kier alpha value is -1.18. The predicted molar refractivity (Wildman–Crippen MR) is 68.4 cm³/mol. The molecular weight excluding hydrogens is 278 g/mol. The second-order valence-electron chi connectivity index (χ2n) is 3.15. The SMILES string of the molecule is Clc1nc(CSc2ncn[nH]2)nc2sccc12. The lowest BCUT2D eigenvalue weighted by Crippen LogP contribution is -1.93. The van der Waals surface area contributed by atoms with E-state index in [-0.39, 0.29) is 0 Å². The summed E-state index contributed by atoms with van der Waals surface area (Å²) in [7, 11) is 0. The van der Waals surface area contributed by atoms with Gasteiger partial charge in [-0.05, 0) is 11.4 Å². The fraction of sp³-hybridized carbons (Fsp3) is 0.111. The molecule has 0 amide bonds. The van der Waals surface area contributed by atoms with E-state index in [1.807, 2.05) is 11.4 Å². The Bertz CT molecular complexity index is 636. The van der Waals surface area contributed by atoms with Crippen LogP contribution in [-0.2, 0) is 5.75 Å². The number of rotatable bonds is 3. The molecule has 3 aromatic rings. The van der Waals surface area contributed by atoms with Gasteiger partial charge >= 0.3 is 0 Å². The van der Waals surface area contributed by atoms with Gasteiger partial charge in [0.2, 0.25) is 0 Å². The number of thioether (sulfide) groups is 1. The van der Waals surface area contributed by atoms with E-state index in [0.29, 0.717) is 16.7 Å². The summed E-state index contributed by atoms with van der Waals surface area (Å²) in [5.41, 5.74) is 0. The monoisotopic (exact) mass is 283 g/mol. The molecule has 0 aliphatic carbocycles. The Morgan fingerprint density at radius 1 is 1.41 bits per heavy atom. The standard InChI is InChI=1S/C9H6ClN5S2/c10-7-5-1-2-16-8(5)14-6(13-7)3-17-9-11-4-12-15-9/h1-2,4H,3H2,(H,11,12,15). The second kappa shape index (κ2) is 4.59. The first-order chi connectivity index (χ1) is 8.33. The van der Waals surface area contributed by atoms with Crippen LogP contribution in [0.4, 0.5) is 0 Å². The number of hydrogen-bond donors (Lipinski definition) is 1. The molecule has 17 heavy (non-hydrogen) atoms. The summed E-state index contributed by atoms with van der Waals surface area (Å²) in [4.78, 5) is 13.6. The summed E-state index contributed by atoms with van der Waals surface area (Å²) >= 11 is 9.12. The number of halogens is 1. The lowest BCUT2D eigenvalue weighted by molar-refractivity contribution is 0.968. The van der Waals surface area contributed by atoms with Crippen LogP contribution >= 0.6 is 34.7 Å². The molecule has 5 nitrogen and oxygen atoms in total. The Morgan fingerprint density at radius 2 is 2.35 bits per heavy atom. The number of nitrogens with zero attached hydrogens (tertiary/aromatic N) is 4. The van der Waals surface area contributed by atoms with Crippen LogP contribution in [0, 0.1) is 0 Å². The summed E-state index contributed by atoms with van der Waals surface area (Å²) in [6.07, 6.45) is 1.47. The summed E-state index contributed by atoms with van der Waals surface area (Å²) in [5.74, 6) is 1.31. The van der Waals surface area contributed by atoms with Crippen molar-refractivity contribution >= 4 is 44.9 Å². The van der Waals surface area contributed by atoms with Crippen LogP contribution in [0.2, 0.25) is 5.15 Å². The number of hydrogen-bond acceptors (Lipinski definition) is 6. The number of nitrogens with one attached hydrogen (secondary N) is 1. The van der Waals surface area contributed by atoms with Gasteiger partial charge in [-0.2, -0.15) is 5.10 Å². The van der Waals surface area contributed by atoms with Gasteiger partial charge in [0.1, 0.15) is 22.1 Å². The molecule has 8 heteroatoms. The van der Waals surface area contributed by atoms with E-state index in [1.165, 1.54) is 18.1 Å². The van der Waals surface area contributed by atoms with Crippen molar-refractivity contribution in [2.75, 3.05) is 0 Å². The van der Waals surface area contributed by atoms with Crippen LogP contribution in [0.5, 0.6) is 0 Å². The van der Waals surface area contributed by atoms with Crippen molar-refractivity contribution in [2.24, 2.45) is 0 Å². The average Bonchev–Trinajstić information content (AvgIpc) is 2.97. The highest BCUT2D eigenvalue weighted by atomic mass is 35.5. The lowest BCUT2D eigenvalue weighted by Gasteiger charge is -1.99. The van der Waals surface area contributed by atoms with Gasteiger partial charge in [-0.1, -0.05) is 23.4 Å². The Labute approximate surface area is 110 Å². The van der Waals surface area contributed by atoms with Crippen LogP contribution in [0.15, 0.2) is 22.9 Å². The molecule has 0 unspecified atom stereocenters. The molecule has 3 aromatic heterocycles. The van der Waals surface area contributed by atoms with Gasteiger partial charge in [-0.15, -0.1) is 11.3 Å². The van der Waals surface area contributed by atoms with E-state index >= 15 is 0 Å². The number of H-pyrrole nitrogens is 1. The minimum Gasteiger partial charge on any atom is -0.254 e. The highest BCUT2D eigenvalue weighted by Crippen LogP contribution is 2.26. The van der Waals surface area contributed by atoms with Crippen molar-refractivity contribution in [3.63, 3.8) is 0 Å². The molecule has 0 bridgehead atoms. The van der Waals surface area contributed by atoms with Crippen LogP contribution < -0.4 is 0 Å². The zero-order valence-electron chi connectivity index (χ0n) is 8.42. The van der Waals surface area contributed by atoms with E-state index < -0.39 is 0 Å². The first-order valence-electron chi connectivity index (χ1n) is 4.71. The van der Waals surface area contributed by atoms with Gasteiger partial charge in [-0.25, -0.2) is 15.0 Å². The average molecular weight is 284 g/mol. The molecule has 0 aliphatic rings. The molecule has 0 atom stereocenters. The van der Waals surface area contributed by atoms with Crippen LogP contribution in [0.3, 0.4) is 0 Å². The number of aromatic amines is 1. The van der Waals surface area contributed by atoms with Crippen molar-refractivity contribution in [3.8, 4) is 0 Å². The molecule has 3 heterocycles. The third-order valence-electron chi connectivity index (χ3n) is 2.06. The van der Waals surface area contributed by atoms with Crippen molar-refractivity contribution < 1.29 is 0 Å². The first kappa shape index (κ1) is 10.9. The van der Waals surface area contributed by atoms with Gasteiger partial charge in [-0.3, -0.25) is 5.10 Å². The fourth-order valence-corrected chi connectivity index (χ4v) is 3.04. The molecule has 3 rings (SSSR count). The molecule has 0 radical (unpaired) electrons. The van der Waals surface area contributed by atoms with E-state index in [1.54, 1.807) is 11.3 Å². The third kappa shape index (κ3) is 2.26. The minimum atomic E-state index is 0.504. The maximum Gasteiger partial charge on any atom is 0.183 e. The maximum absolute atomic E-state index is 6.07. The molecule has 0 saturated carbocycles. The summed E-state index contributed by atoms with van der Waals surface area (Å²) < 4.78 is 0. The number of thiophene rings is 1. The number of fused-ring (bicyclic) bond motifs is 1. The minimum absolute atomic E-state index is 0.504. The van der Waals surface area contributed by atoms with Crippen molar-refractivity contribution in [1.29, 1.82) is 0 Å². The van der Waals surface area contributed by atoms with Crippen molar-refractivity contribution in [2.45, 2.75) is 10.9 Å². The third-order valence-corrected chi connectivity index (χ3v) is 4.02. The normalized spacial score (nSPS) is 11.1. The zero-order valence-corrected chi connectivity index (χ0v) is 10.8. The molecule has 0 saturated heterocycles. The fourth-order valence-electron chi connectivity index (χ4n) is 1.32. The highest BCUT2D eigenvalue weighted by molar-refractivity contribution is 7.98. The maximum atomic E-state index is 6.07. The molecular formula is C9H6ClN5S2. The van der Waals surface area contributed by atoms with E-state index in [9.17, 15) is 0 Å². The molecule has 86 valence electrons. The molecule has 0 fully saturated rings. The summed E-state index contributed by atoms with van der Waals surface area (Å²) in [6, 6.07) is 1.93. The Balaban J connectivity index is 1.85. The summed E-state index contributed by atoms with van der Waals surface area (Å²) in [5, 5.41) is 10.7. The van der Waals surface area contributed by atoms with Gasteiger partial charge in [0.05, 0.1) is 5.75 Å². The second-order valence-corrected chi connectivity index (χ2v) is 5.37. The number of aromatic nitrogens is 5. The van der Waals surface area contributed by atoms with Gasteiger partial charge in [0, 0.05) is 5.39 Å². The van der Waals surface area contributed by atoms with E-state index in [2.05, 4.69) is 25.1 Å². The van der Waals surface area contributed by atoms with Crippen LogP contribution in [0.1, 0.15) is 5.82 Å². The van der Waals surface area contributed by atoms with Crippen molar-refractivity contribution in [3.05, 3.63) is 28.8 Å². The molecule has 0 aliphatic heterocycles. The van der Waals surface area contributed by atoms with Crippen LogP contribution in [-0.4, -0.2) is 25.1 Å². The Kier molecular flexibility index (Phi) is 2.96. The van der Waals surface area contributed by atoms with E-state index in [4.69, 9.17) is 11.6 Å². The first-order valence-corrected chi connectivity index (χ1v) is 6.95.